The zero-order chi connectivity index (χ0) is 23.5. The second kappa shape index (κ2) is 9.73. The highest BCUT2D eigenvalue weighted by atomic mass is 35.5. The van der Waals surface area contributed by atoms with E-state index in [1.54, 1.807) is 12.1 Å². The number of rotatable bonds is 5. The minimum absolute atomic E-state index is 0.171. The molecule has 0 fully saturated rings. The van der Waals surface area contributed by atoms with Crippen LogP contribution in [0.3, 0.4) is 0 Å². The van der Waals surface area contributed by atoms with Gasteiger partial charge < -0.3 is 9.73 Å². The molecular weight excluding hydrogens is 454 g/mol. The molecule has 0 unspecified atom stereocenters. The molecular formula is C26H24ClN3O2S. The molecule has 168 valence electrons. The molecule has 33 heavy (non-hydrogen) atoms. The number of nitrogens with one attached hydrogen (secondary N) is 2. The number of amides is 1. The van der Waals surface area contributed by atoms with Crippen LogP contribution in [0.4, 0.5) is 5.69 Å². The summed E-state index contributed by atoms with van der Waals surface area (Å²) in [5, 5.41) is 6.25. The van der Waals surface area contributed by atoms with Gasteiger partial charge in [0, 0.05) is 11.3 Å². The molecule has 0 aliphatic heterocycles. The van der Waals surface area contributed by atoms with Crippen molar-refractivity contribution in [2.45, 2.75) is 33.1 Å². The number of carbonyl (C=O) groups excluding carboxylic acids is 1. The van der Waals surface area contributed by atoms with Crippen molar-refractivity contribution in [1.82, 2.24) is 10.3 Å². The van der Waals surface area contributed by atoms with Gasteiger partial charge in [-0.1, -0.05) is 43.6 Å². The van der Waals surface area contributed by atoms with Gasteiger partial charge in [-0.05, 0) is 85.1 Å². The van der Waals surface area contributed by atoms with Gasteiger partial charge in [0.25, 0.3) is 5.91 Å². The van der Waals surface area contributed by atoms with Crippen LogP contribution < -0.4 is 10.6 Å². The number of anilines is 1. The number of hydrogen-bond acceptors (Lipinski definition) is 4. The maximum Gasteiger partial charge on any atom is 0.258 e. The second-order valence-corrected chi connectivity index (χ2v) is 8.84. The molecule has 0 saturated carbocycles. The zero-order valence-corrected chi connectivity index (χ0v) is 20.2. The van der Waals surface area contributed by atoms with Gasteiger partial charge in [-0.3, -0.25) is 10.1 Å². The Morgan fingerprint density at radius 1 is 1.15 bits per heavy atom. The fourth-order valence-electron chi connectivity index (χ4n) is 3.48. The van der Waals surface area contributed by atoms with Gasteiger partial charge in [0.05, 0.1) is 10.6 Å². The largest absolute Gasteiger partial charge is 0.436 e. The molecule has 7 heteroatoms. The molecule has 0 bridgehead atoms. The lowest BCUT2D eigenvalue weighted by Crippen LogP contribution is -2.34. The summed E-state index contributed by atoms with van der Waals surface area (Å²) >= 11 is 11.5. The smallest absolute Gasteiger partial charge is 0.258 e. The van der Waals surface area contributed by atoms with Crippen LogP contribution in [0, 0.1) is 6.92 Å². The Kier molecular flexibility index (Phi) is 6.77. The molecule has 0 aliphatic carbocycles. The summed E-state index contributed by atoms with van der Waals surface area (Å²) < 4.78 is 5.97. The Bertz CT molecular complexity index is 1350. The Balaban J connectivity index is 1.49. The molecule has 1 amide bonds. The monoisotopic (exact) mass is 477 g/mol. The number of aromatic nitrogens is 1. The summed E-state index contributed by atoms with van der Waals surface area (Å²) in [6.07, 6.45) is 1.07. The number of carbonyl (C=O) groups is 1. The van der Waals surface area contributed by atoms with Crippen molar-refractivity contribution < 1.29 is 9.21 Å². The summed E-state index contributed by atoms with van der Waals surface area (Å²) in [6, 6.07) is 18.9. The lowest BCUT2D eigenvalue weighted by atomic mass is 9.98. The van der Waals surface area contributed by atoms with Crippen LogP contribution in [-0.2, 0) is 0 Å². The first-order valence-electron chi connectivity index (χ1n) is 10.7. The highest BCUT2D eigenvalue weighted by Crippen LogP contribution is 2.29. The minimum Gasteiger partial charge on any atom is -0.436 e. The minimum atomic E-state index is -0.371. The summed E-state index contributed by atoms with van der Waals surface area (Å²) in [5.41, 5.74) is 5.67. The molecule has 3 aromatic carbocycles. The zero-order valence-electron chi connectivity index (χ0n) is 18.6. The highest BCUT2D eigenvalue weighted by Gasteiger charge is 2.14. The Morgan fingerprint density at radius 3 is 2.73 bits per heavy atom. The molecule has 4 rings (SSSR count). The van der Waals surface area contributed by atoms with Crippen LogP contribution >= 0.6 is 23.8 Å². The molecule has 0 aliphatic rings. The fourth-order valence-corrected chi connectivity index (χ4v) is 4.01. The first-order chi connectivity index (χ1) is 15.8. The lowest BCUT2D eigenvalue weighted by molar-refractivity contribution is 0.0978. The highest BCUT2D eigenvalue weighted by molar-refractivity contribution is 7.80. The average Bonchev–Trinajstić information content (AvgIpc) is 3.22. The van der Waals surface area contributed by atoms with Crippen LogP contribution in [0.2, 0.25) is 5.02 Å². The molecule has 0 spiro atoms. The van der Waals surface area contributed by atoms with Crippen LogP contribution in [0.15, 0.2) is 65.1 Å². The van der Waals surface area contributed by atoms with Gasteiger partial charge in [0.2, 0.25) is 5.89 Å². The van der Waals surface area contributed by atoms with Gasteiger partial charge in [0.1, 0.15) is 5.52 Å². The van der Waals surface area contributed by atoms with Crippen LogP contribution in [0.5, 0.6) is 0 Å². The number of fused-ring (bicyclic) bond motifs is 1. The molecule has 0 saturated heterocycles. The van der Waals surface area contributed by atoms with E-state index in [2.05, 4.69) is 41.6 Å². The van der Waals surface area contributed by atoms with E-state index in [1.165, 1.54) is 5.56 Å². The molecule has 4 aromatic rings. The summed E-state index contributed by atoms with van der Waals surface area (Å²) in [7, 11) is 0. The summed E-state index contributed by atoms with van der Waals surface area (Å²) in [6.45, 7) is 6.28. The molecule has 1 aromatic heterocycles. The third-order valence-corrected chi connectivity index (χ3v) is 6.07. The molecule has 2 N–H and O–H groups in total. The van der Waals surface area contributed by atoms with Gasteiger partial charge in [-0.25, -0.2) is 4.98 Å². The van der Waals surface area contributed by atoms with Gasteiger partial charge >= 0.3 is 0 Å². The Labute approximate surface area is 203 Å². The second-order valence-electron chi connectivity index (χ2n) is 8.03. The van der Waals surface area contributed by atoms with E-state index < -0.39 is 0 Å². The van der Waals surface area contributed by atoms with Crippen molar-refractivity contribution in [2.75, 3.05) is 5.32 Å². The number of thiocarbonyl (C=S) groups is 1. The van der Waals surface area contributed by atoms with Crippen molar-refractivity contribution in [1.29, 1.82) is 0 Å². The van der Waals surface area contributed by atoms with E-state index >= 15 is 0 Å². The maximum absolute atomic E-state index is 12.5. The van der Waals surface area contributed by atoms with Crippen molar-refractivity contribution in [3.63, 3.8) is 0 Å². The van der Waals surface area contributed by atoms with Crippen molar-refractivity contribution in [3.05, 3.63) is 82.4 Å². The third kappa shape index (κ3) is 5.24. The van der Waals surface area contributed by atoms with Crippen LogP contribution in [-0.4, -0.2) is 16.0 Å². The van der Waals surface area contributed by atoms with Crippen LogP contribution in [0.1, 0.15) is 47.7 Å². The normalized spacial score (nSPS) is 11.9. The lowest BCUT2D eigenvalue weighted by Gasteiger charge is -2.11. The predicted molar refractivity (Wildman–Crippen MR) is 138 cm³/mol. The van der Waals surface area contributed by atoms with Crippen molar-refractivity contribution >= 4 is 51.6 Å². The SMILES string of the molecule is CC[C@@H](C)c1ccc2oc(-c3cccc(NC(=S)NC(=O)c4ccc(C)cc4Cl)c3)nc2c1. The third-order valence-electron chi connectivity index (χ3n) is 5.56. The number of halogens is 1. The fraction of sp³-hybridized carbons (Fsp3) is 0.192. The number of hydrogen-bond donors (Lipinski definition) is 2. The Morgan fingerprint density at radius 2 is 1.97 bits per heavy atom. The topological polar surface area (TPSA) is 67.2 Å². The van der Waals surface area contributed by atoms with E-state index in [4.69, 9.17) is 28.2 Å². The molecule has 1 heterocycles. The standard InChI is InChI=1S/C26H24ClN3O2S/c1-4-16(3)17-9-11-23-22(14-17)29-25(32-23)18-6-5-7-19(13-18)28-26(33)30-24(31)20-10-8-15(2)12-21(20)27/h5-14,16H,4H2,1-3H3,(H2,28,30,31,33)/t16-/m1/s1. The number of nitrogens with zero attached hydrogens (tertiary/aromatic N) is 1. The van der Waals surface area contributed by atoms with Crippen molar-refractivity contribution in [2.24, 2.45) is 0 Å². The maximum atomic E-state index is 12.5. The predicted octanol–water partition coefficient (Wildman–Crippen LogP) is 7.10. The van der Waals surface area contributed by atoms with Gasteiger partial charge in [-0.2, -0.15) is 0 Å². The van der Waals surface area contributed by atoms with E-state index in [0.717, 1.165) is 28.6 Å². The molecule has 5 nitrogen and oxygen atoms in total. The first kappa shape index (κ1) is 23.0. The average molecular weight is 478 g/mol. The number of benzene rings is 3. The van der Waals surface area contributed by atoms with E-state index in [9.17, 15) is 4.79 Å². The Hall–Kier alpha value is -3.22. The summed E-state index contributed by atoms with van der Waals surface area (Å²) in [5.74, 6) is 0.620. The number of oxazole rings is 1. The van der Waals surface area contributed by atoms with E-state index in [0.29, 0.717) is 28.1 Å². The summed E-state index contributed by atoms with van der Waals surface area (Å²) in [4.78, 5) is 17.2. The van der Waals surface area contributed by atoms with E-state index in [1.807, 2.05) is 43.3 Å². The van der Waals surface area contributed by atoms with Gasteiger partial charge in [-0.15, -0.1) is 0 Å². The van der Waals surface area contributed by atoms with Crippen molar-refractivity contribution in [3.8, 4) is 11.5 Å². The molecule has 1 atom stereocenters. The molecule has 0 radical (unpaired) electrons. The van der Waals surface area contributed by atoms with Gasteiger partial charge in [0.15, 0.2) is 10.7 Å². The number of aryl methyl sites for hydroxylation is 1. The van der Waals surface area contributed by atoms with Crippen LogP contribution in [0.25, 0.3) is 22.6 Å². The quantitative estimate of drug-likeness (QED) is 0.300. The van der Waals surface area contributed by atoms with E-state index in [-0.39, 0.29) is 11.0 Å². The first-order valence-corrected chi connectivity index (χ1v) is 11.5.